The van der Waals surface area contributed by atoms with Gasteiger partial charge in [-0.05, 0) is 12.8 Å². The summed E-state index contributed by atoms with van der Waals surface area (Å²) in [6.07, 6.45) is -0.359. The van der Waals surface area contributed by atoms with Gasteiger partial charge in [0.15, 0.2) is 10.8 Å². The smallest absolute Gasteiger partial charge is 0.321 e. The second kappa shape index (κ2) is 6.52. The third-order valence-electron chi connectivity index (χ3n) is 3.39. The number of nitrogens with zero attached hydrogens (tertiary/aromatic N) is 5. The quantitative estimate of drug-likeness (QED) is 0.887. The average molecular weight is 343 g/mol. The van der Waals surface area contributed by atoms with E-state index in [9.17, 15) is 13.6 Å². The molecule has 3 heterocycles. The second-order valence-corrected chi connectivity index (χ2v) is 6.01. The lowest BCUT2D eigenvalue weighted by molar-refractivity contribution is 0.150. The van der Waals surface area contributed by atoms with Crippen molar-refractivity contribution in [3.63, 3.8) is 0 Å². The zero-order valence-electron chi connectivity index (χ0n) is 12.3. The van der Waals surface area contributed by atoms with Gasteiger partial charge in [0.05, 0.1) is 6.04 Å². The van der Waals surface area contributed by atoms with E-state index in [4.69, 9.17) is 0 Å². The molecule has 0 radical (unpaired) electrons. The minimum atomic E-state index is -2.70. The van der Waals surface area contributed by atoms with Crippen molar-refractivity contribution in [2.45, 2.75) is 45.2 Å². The Morgan fingerprint density at radius 3 is 3.00 bits per heavy atom. The van der Waals surface area contributed by atoms with Crippen molar-refractivity contribution in [2.24, 2.45) is 0 Å². The molecule has 2 amide bonds. The molecule has 124 valence electrons. The number of carbonyl (C=O) groups is 1. The summed E-state index contributed by atoms with van der Waals surface area (Å²) in [7, 11) is 0. The number of urea groups is 1. The van der Waals surface area contributed by atoms with Gasteiger partial charge in [-0.15, -0.1) is 10.2 Å². The minimum Gasteiger partial charge on any atom is -0.328 e. The maximum absolute atomic E-state index is 12.5. The van der Waals surface area contributed by atoms with Crippen LogP contribution in [0.1, 0.15) is 48.9 Å². The SMILES string of the molecule is CCc1nc2n(n1)CCCC2NC(=O)Nc1nnc(C(F)F)s1. The molecule has 2 aromatic rings. The molecule has 23 heavy (non-hydrogen) atoms. The zero-order chi connectivity index (χ0) is 16.4. The molecule has 0 saturated carbocycles. The van der Waals surface area contributed by atoms with Gasteiger partial charge in [-0.2, -0.15) is 5.10 Å². The number of nitrogens with one attached hydrogen (secondary N) is 2. The molecule has 8 nitrogen and oxygen atoms in total. The van der Waals surface area contributed by atoms with E-state index in [-0.39, 0.29) is 11.2 Å². The third kappa shape index (κ3) is 3.44. The summed E-state index contributed by atoms with van der Waals surface area (Å²) >= 11 is 0.647. The number of carbonyl (C=O) groups excluding carboxylic acids is 1. The Balaban J connectivity index is 1.65. The number of alkyl halides is 2. The van der Waals surface area contributed by atoms with Crippen molar-refractivity contribution in [1.82, 2.24) is 30.3 Å². The van der Waals surface area contributed by atoms with Crippen LogP contribution in [0.5, 0.6) is 0 Å². The summed E-state index contributed by atoms with van der Waals surface area (Å²) in [6, 6.07) is -0.791. The molecule has 1 atom stereocenters. The van der Waals surface area contributed by atoms with Crippen LogP contribution in [0.3, 0.4) is 0 Å². The van der Waals surface area contributed by atoms with Gasteiger partial charge < -0.3 is 5.32 Å². The number of amides is 2. The van der Waals surface area contributed by atoms with Crippen molar-refractivity contribution >= 4 is 22.5 Å². The summed E-state index contributed by atoms with van der Waals surface area (Å²) in [6.45, 7) is 2.74. The topological polar surface area (TPSA) is 97.6 Å². The van der Waals surface area contributed by atoms with E-state index < -0.39 is 17.5 Å². The highest BCUT2D eigenvalue weighted by molar-refractivity contribution is 7.15. The van der Waals surface area contributed by atoms with E-state index in [0.717, 1.165) is 31.6 Å². The van der Waals surface area contributed by atoms with Gasteiger partial charge in [0, 0.05) is 13.0 Å². The Bertz CT molecular complexity index is 701. The lowest BCUT2D eigenvalue weighted by atomic mass is 10.1. The van der Waals surface area contributed by atoms with Crippen LogP contribution in [0, 0.1) is 0 Å². The molecule has 0 aliphatic carbocycles. The van der Waals surface area contributed by atoms with Crippen LogP contribution in [0.15, 0.2) is 0 Å². The number of halogens is 2. The van der Waals surface area contributed by atoms with E-state index >= 15 is 0 Å². The van der Waals surface area contributed by atoms with Crippen molar-refractivity contribution in [1.29, 1.82) is 0 Å². The fraction of sp³-hybridized carbons (Fsp3) is 0.583. The minimum absolute atomic E-state index is 0.0318. The molecule has 0 aromatic carbocycles. The Kier molecular flexibility index (Phi) is 4.46. The van der Waals surface area contributed by atoms with E-state index in [0.29, 0.717) is 17.2 Å². The molecule has 2 aromatic heterocycles. The number of aryl methyl sites for hydroxylation is 2. The second-order valence-electron chi connectivity index (χ2n) is 5.00. The van der Waals surface area contributed by atoms with Gasteiger partial charge in [0.25, 0.3) is 6.43 Å². The molecule has 0 bridgehead atoms. The predicted octanol–water partition coefficient (Wildman–Crippen LogP) is 2.29. The first-order chi connectivity index (χ1) is 11.1. The Labute approximate surface area is 134 Å². The van der Waals surface area contributed by atoms with Gasteiger partial charge in [-0.1, -0.05) is 18.3 Å². The van der Waals surface area contributed by atoms with Gasteiger partial charge in [-0.3, -0.25) is 5.32 Å². The average Bonchev–Trinajstić information content (AvgIpc) is 3.13. The Hall–Kier alpha value is -2.17. The number of hydrogen-bond acceptors (Lipinski definition) is 6. The van der Waals surface area contributed by atoms with E-state index in [2.05, 4.69) is 30.9 Å². The lowest BCUT2D eigenvalue weighted by Gasteiger charge is -2.22. The number of rotatable bonds is 4. The van der Waals surface area contributed by atoms with E-state index in [1.807, 2.05) is 6.92 Å². The van der Waals surface area contributed by atoms with Crippen LogP contribution in [-0.4, -0.2) is 31.0 Å². The van der Waals surface area contributed by atoms with Crippen LogP contribution >= 0.6 is 11.3 Å². The molecule has 11 heteroatoms. The predicted molar refractivity (Wildman–Crippen MR) is 78.4 cm³/mol. The van der Waals surface area contributed by atoms with Crippen LogP contribution < -0.4 is 10.6 Å². The van der Waals surface area contributed by atoms with E-state index in [1.165, 1.54) is 0 Å². The molecule has 3 rings (SSSR count). The van der Waals surface area contributed by atoms with Crippen molar-refractivity contribution in [2.75, 3.05) is 5.32 Å². The molecular formula is C12H15F2N7OS. The number of hydrogen-bond donors (Lipinski definition) is 2. The number of anilines is 1. The molecule has 1 aliphatic rings. The maximum atomic E-state index is 12.5. The highest BCUT2D eigenvalue weighted by Gasteiger charge is 2.26. The molecule has 0 fully saturated rings. The monoisotopic (exact) mass is 343 g/mol. The van der Waals surface area contributed by atoms with Crippen LogP contribution in [-0.2, 0) is 13.0 Å². The van der Waals surface area contributed by atoms with Crippen molar-refractivity contribution < 1.29 is 13.6 Å². The third-order valence-corrected chi connectivity index (χ3v) is 4.23. The first kappa shape index (κ1) is 15.7. The molecule has 1 aliphatic heterocycles. The summed E-state index contributed by atoms with van der Waals surface area (Å²) in [4.78, 5) is 16.4. The van der Waals surface area contributed by atoms with Gasteiger partial charge in [0.1, 0.15) is 5.82 Å². The first-order valence-electron chi connectivity index (χ1n) is 7.19. The van der Waals surface area contributed by atoms with Gasteiger partial charge >= 0.3 is 6.03 Å². The molecule has 0 spiro atoms. The highest BCUT2D eigenvalue weighted by Crippen LogP contribution is 2.26. The molecular weight excluding hydrogens is 328 g/mol. The molecule has 0 saturated heterocycles. The summed E-state index contributed by atoms with van der Waals surface area (Å²) in [5.74, 6) is 1.45. The highest BCUT2D eigenvalue weighted by atomic mass is 32.1. The normalized spacial score (nSPS) is 17.1. The zero-order valence-corrected chi connectivity index (χ0v) is 13.1. The lowest BCUT2D eigenvalue weighted by Crippen LogP contribution is -2.36. The Morgan fingerprint density at radius 2 is 2.30 bits per heavy atom. The van der Waals surface area contributed by atoms with E-state index in [1.54, 1.807) is 4.68 Å². The van der Waals surface area contributed by atoms with Gasteiger partial charge in [0.2, 0.25) is 5.13 Å². The van der Waals surface area contributed by atoms with Crippen LogP contribution in [0.4, 0.5) is 18.7 Å². The standard InChI is InChI=1S/C12H15F2N7OS/c1-2-7-16-9-6(4-3-5-21(9)20-7)15-11(22)17-12-19-18-10(23-12)8(13)14/h6,8H,2-5H2,1H3,(H2,15,17,19,22). The molecule has 2 N–H and O–H groups in total. The fourth-order valence-corrected chi connectivity index (χ4v) is 2.94. The van der Waals surface area contributed by atoms with Gasteiger partial charge in [-0.25, -0.2) is 23.2 Å². The summed E-state index contributed by atoms with van der Waals surface area (Å²) < 4.78 is 26.7. The summed E-state index contributed by atoms with van der Waals surface area (Å²) in [5.41, 5.74) is 0. The first-order valence-corrected chi connectivity index (χ1v) is 8.01. The number of fused-ring (bicyclic) bond motifs is 1. The maximum Gasteiger partial charge on any atom is 0.321 e. The fourth-order valence-electron chi connectivity index (χ4n) is 2.35. The van der Waals surface area contributed by atoms with Crippen molar-refractivity contribution in [3.8, 4) is 0 Å². The summed E-state index contributed by atoms with van der Waals surface area (Å²) in [5, 5.41) is 16.0. The Morgan fingerprint density at radius 1 is 1.48 bits per heavy atom. The van der Waals surface area contributed by atoms with Crippen LogP contribution in [0.25, 0.3) is 0 Å². The number of aromatic nitrogens is 5. The van der Waals surface area contributed by atoms with Crippen LogP contribution in [0.2, 0.25) is 0 Å². The largest absolute Gasteiger partial charge is 0.328 e. The molecule has 1 unspecified atom stereocenters. The van der Waals surface area contributed by atoms with Crippen molar-refractivity contribution in [3.05, 3.63) is 16.7 Å².